The molecule has 0 amide bonds. The fourth-order valence-corrected chi connectivity index (χ4v) is 7.17. The molecule has 0 spiro atoms. The van der Waals surface area contributed by atoms with Gasteiger partial charge in [-0.2, -0.15) is 0 Å². The number of sulfone groups is 1. The average Bonchev–Trinajstić information content (AvgIpc) is 2.96. The first-order valence-electron chi connectivity index (χ1n) is 14.4. The quantitative estimate of drug-likeness (QED) is 0.316. The first-order chi connectivity index (χ1) is 20.0. The number of alkyl halides is 3. The molecular weight excluding hydrogens is 571 g/mol. The molecule has 0 aliphatic carbocycles. The van der Waals surface area contributed by atoms with E-state index in [0.717, 1.165) is 51.6 Å². The molecule has 3 heterocycles. The van der Waals surface area contributed by atoms with Crippen LogP contribution in [0.2, 0.25) is 0 Å². The molecule has 5 rings (SSSR count). The molecule has 1 N–H and O–H groups in total. The summed E-state index contributed by atoms with van der Waals surface area (Å²) in [5, 5.41) is 10.2. The summed E-state index contributed by atoms with van der Waals surface area (Å²) < 4.78 is 77.2. The molecule has 228 valence electrons. The van der Waals surface area contributed by atoms with E-state index in [1.165, 1.54) is 36.5 Å². The molecule has 2 saturated heterocycles. The summed E-state index contributed by atoms with van der Waals surface area (Å²) in [5.74, 6) is 0.114. The minimum atomic E-state index is -4.90. The van der Waals surface area contributed by atoms with Crippen molar-refractivity contribution in [2.24, 2.45) is 0 Å². The third-order valence-electron chi connectivity index (χ3n) is 8.00. The minimum Gasteiger partial charge on any atom is -0.494 e. The SMILES string of the molecule is CCCCOc1ccc(S(=O)(=O)c2cnc3ccc(OC(F)(F)F)cc3c2N2CCC(N3CCC(O)CC3)CC2)cc1. The summed E-state index contributed by atoms with van der Waals surface area (Å²) in [7, 11) is -4.10. The molecule has 2 aromatic carbocycles. The third kappa shape index (κ3) is 6.92. The molecule has 0 bridgehead atoms. The summed E-state index contributed by atoms with van der Waals surface area (Å²) in [6, 6.07) is 10.2. The number of pyridine rings is 1. The first kappa shape index (κ1) is 30.4. The second kappa shape index (κ2) is 12.6. The Bertz CT molecular complexity index is 1470. The highest BCUT2D eigenvalue weighted by molar-refractivity contribution is 7.91. The van der Waals surface area contributed by atoms with E-state index >= 15 is 0 Å². The zero-order valence-corrected chi connectivity index (χ0v) is 24.3. The van der Waals surface area contributed by atoms with Crippen LogP contribution in [-0.2, 0) is 9.84 Å². The predicted octanol–water partition coefficient (Wildman–Crippen LogP) is 5.57. The van der Waals surface area contributed by atoms with Crippen LogP contribution in [0.25, 0.3) is 10.9 Å². The van der Waals surface area contributed by atoms with Gasteiger partial charge in [-0.25, -0.2) is 8.42 Å². The van der Waals surface area contributed by atoms with Gasteiger partial charge in [0.1, 0.15) is 16.4 Å². The standard InChI is InChI=1S/C30H36F3N3O5S/c1-2-3-18-40-23-4-7-25(8-5-23)42(38,39)28-20-34-27-9-6-24(41-30(31,32)33)19-26(27)29(28)36-14-10-21(11-15-36)35-16-12-22(37)13-17-35/h4-9,19-22,37H,2-3,10-18H2,1H3. The van der Waals surface area contributed by atoms with E-state index in [4.69, 9.17) is 4.74 Å². The van der Waals surface area contributed by atoms with Gasteiger partial charge < -0.3 is 24.4 Å². The van der Waals surface area contributed by atoms with Crippen LogP contribution in [0, 0.1) is 0 Å². The molecule has 12 heteroatoms. The lowest BCUT2D eigenvalue weighted by Gasteiger charge is -2.42. The van der Waals surface area contributed by atoms with Gasteiger partial charge in [0.2, 0.25) is 9.84 Å². The zero-order valence-electron chi connectivity index (χ0n) is 23.5. The van der Waals surface area contributed by atoms with E-state index in [-0.39, 0.29) is 27.3 Å². The number of nitrogens with zero attached hydrogens (tertiary/aromatic N) is 3. The minimum absolute atomic E-state index is 0.0391. The van der Waals surface area contributed by atoms with Gasteiger partial charge in [0.05, 0.1) is 28.8 Å². The summed E-state index contributed by atoms with van der Waals surface area (Å²) >= 11 is 0. The van der Waals surface area contributed by atoms with E-state index in [1.54, 1.807) is 12.1 Å². The van der Waals surface area contributed by atoms with Crippen molar-refractivity contribution in [3.63, 3.8) is 0 Å². The fourth-order valence-electron chi connectivity index (χ4n) is 5.74. The topological polar surface area (TPSA) is 92.2 Å². The molecule has 0 atom stereocenters. The molecule has 0 unspecified atom stereocenters. The highest BCUT2D eigenvalue weighted by Gasteiger charge is 2.34. The van der Waals surface area contributed by atoms with Crippen LogP contribution in [0.1, 0.15) is 45.4 Å². The molecule has 2 fully saturated rings. The van der Waals surface area contributed by atoms with Crippen LogP contribution in [0.4, 0.5) is 18.9 Å². The number of fused-ring (bicyclic) bond motifs is 1. The number of aliphatic hydroxyl groups excluding tert-OH is 1. The largest absolute Gasteiger partial charge is 0.573 e. The predicted molar refractivity (Wildman–Crippen MR) is 153 cm³/mol. The molecule has 0 radical (unpaired) electrons. The highest BCUT2D eigenvalue weighted by atomic mass is 32.2. The monoisotopic (exact) mass is 607 g/mol. The Balaban J connectivity index is 1.50. The smallest absolute Gasteiger partial charge is 0.494 e. The van der Waals surface area contributed by atoms with E-state index < -0.39 is 21.9 Å². The number of unbranched alkanes of at least 4 members (excludes halogenated alkanes) is 1. The van der Waals surface area contributed by atoms with Gasteiger partial charge in [-0.1, -0.05) is 13.3 Å². The average molecular weight is 608 g/mol. The molecule has 0 saturated carbocycles. The first-order valence-corrected chi connectivity index (χ1v) is 15.9. The summed E-state index contributed by atoms with van der Waals surface area (Å²) in [6.07, 6.45) is 0.921. The molecule has 2 aliphatic heterocycles. The lowest BCUT2D eigenvalue weighted by Crippen LogP contribution is -2.48. The number of hydrogen-bond acceptors (Lipinski definition) is 8. The number of anilines is 1. The molecular formula is C30H36F3N3O5S. The van der Waals surface area contributed by atoms with Gasteiger partial charge in [-0.05, 0) is 74.6 Å². The number of ether oxygens (including phenoxy) is 2. The number of piperidine rings is 2. The Morgan fingerprint density at radius 2 is 1.64 bits per heavy atom. The van der Waals surface area contributed by atoms with Crippen LogP contribution in [-0.4, -0.2) is 74.7 Å². The number of hydrogen-bond donors (Lipinski definition) is 1. The Hall–Kier alpha value is -3.09. The number of likely N-dealkylation sites (tertiary alicyclic amines) is 1. The van der Waals surface area contributed by atoms with Crippen molar-refractivity contribution in [2.75, 3.05) is 37.7 Å². The van der Waals surface area contributed by atoms with Crippen LogP contribution >= 0.6 is 0 Å². The Kier molecular flexibility index (Phi) is 9.14. The second-order valence-corrected chi connectivity index (χ2v) is 12.8. The van der Waals surface area contributed by atoms with Crippen LogP contribution in [0.3, 0.4) is 0 Å². The number of rotatable bonds is 9. The molecule has 8 nitrogen and oxygen atoms in total. The van der Waals surface area contributed by atoms with Crippen LogP contribution < -0.4 is 14.4 Å². The van der Waals surface area contributed by atoms with Crippen LogP contribution in [0.5, 0.6) is 11.5 Å². The van der Waals surface area contributed by atoms with Crippen molar-refractivity contribution < 1.29 is 36.2 Å². The highest BCUT2D eigenvalue weighted by Crippen LogP contribution is 2.40. The third-order valence-corrected chi connectivity index (χ3v) is 9.77. The number of aromatic nitrogens is 1. The molecule has 2 aliphatic rings. The Morgan fingerprint density at radius 3 is 2.29 bits per heavy atom. The number of benzene rings is 2. The van der Waals surface area contributed by atoms with Crippen molar-refractivity contribution in [3.8, 4) is 11.5 Å². The van der Waals surface area contributed by atoms with Gasteiger partial charge in [-0.15, -0.1) is 13.2 Å². The summed E-state index contributed by atoms with van der Waals surface area (Å²) in [5.41, 5.74) is 0.689. The maximum atomic E-state index is 14.0. The fraction of sp³-hybridized carbons (Fsp3) is 0.500. The van der Waals surface area contributed by atoms with Gasteiger partial charge in [0.15, 0.2) is 0 Å². The van der Waals surface area contributed by atoms with Crippen molar-refractivity contribution in [2.45, 2.75) is 73.7 Å². The normalized spacial score (nSPS) is 18.0. The number of aliphatic hydroxyl groups is 1. The summed E-state index contributed by atoms with van der Waals surface area (Å²) in [4.78, 5) is 8.60. The zero-order chi connectivity index (χ0) is 29.9. The van der Waals surface area contributed by atoms with Gasteiger partial charge in [0.25, 0.3) is 0 Å². The molecule has 1 aromatic heterocycles. The lowest BCUT2D eigenvalue weighted by atomic mass is 9.98. The Morgan fingerprint density at radius 1 is 0.976 bits per heavy atom. The van der Waals surface area contributed by atoms with E-state index in [0.29, 0.717) is 36.6 Å². The van der Waals surface area contributed by atoms with Crippen molar-refractivity contribution in [1.82, 2.24) is 9.88 Å². The maximum Gasteiger partial charge on any atom is 0.573 e. The van der Waals surface area contributed by atoms with Crippen molar-refractivity contribution in [1.29, 1.82) is 0 Å². The Labute approximate surface area is 244 Å². The van der Waals surface area contributed by atoms with E-state index in [2.05, 4.69) is 14.6 Å². The van der Waals surface area contributed by atoms with E-state index in [9.17, 15) is 26.7 Å². The van der Waals surface area contributed by atoms with Crippen molar-refractivity contribution >= 4 is 26.4 Å². The van der Waals surface area contributed by atoms with Gasteiger partial charge >= 0.3 is 6.36 Å². The van der Waals surface area contributed by atoms with Crippen molar-refractivity contribution in [3.05, 3.63) is 48.7 Å². The van der Waals surface area contributed by atoms with E-state index in [1.807, 2.05) is 11.8 Å². The lowest BCUT2D eigenvalue weighted by molar-refractivity contribution is -0.274. The molecule has 42 heavy (non-hydrogen) atoms. The van der Waals surface area contributed by atoms with Gasteiger partial charge in [-0.3, -0.25) is 4.98 Å². The number of halogens is 3. The van der Waals surface area contributed by atoms with Crippen LogP contribution in [0.15, 0.2) is 58.5 Å². The van der Waals surface area contributed by atoms with Gasteiger partial charge in [0, 0.05) is 43.8 Å². The summed E-state index contributed by atoms with van der Waals surface area (Å²) in [6.45, 7) is 5.21. The molecule has 3 aromatic rings. The second-order valence-electron chi connectivity index (χ2n) is 10.9. The maximum absolute atomic E-state index is 14.0.